The molecule has 2 aliphatic carbocycles. The molecule has 0 bridgehead atoms. The Morgan fingerprint density at radius 3 is 1.56 bits per heavy atom. The summed E-state index contributed by atoms with van der Waals surface area (Å²) in [6.07, 6.45) is 0. The van der Waals surface area contributed by atoms with E-state index in [4.69, 9.17) is 0 Å². The maximum absolute atomic E-state index is 2.66. The summed E-state index contributed by atoms with van der Waals surface area (Å²) in [6.45, 7) is 20.8. The van der Waals surface area contributed by atoms with Crippen molar-refractivity contribution in [2.75, 3.05) is 9.80 Å². The summed E-state index contributed by atoms with van der Waals surface area (Å²) in [4.78, 5) is 5.14. The van der Waals surface area contributed by atoms with Gasteiger partial charge in [-0.2, -0.15) is 0 Å². The Kier molecular flexibility index (Phi) is 8.22. The van der Waals surface area contributed by atoms with E-state index in [9.17, 15) is 0 Å². The zero-order valence-corrected chi connectivity index (χ0v) is 38.6. The van der Waals surface area contributed by atoms with Crippen LogP contribution in [0.5, 0.6) is 0 Å². The third-order valence-electron chi connectivity index (χ3n) is 15.0. The van der Waals surface area contributed by atoms with E-state index in [1.807, 2.05) is 0 Å². The van der Waals surface area contributed by atoms with Gasteiger partial charge in [0.15, 0.2) is 0 Å². The first-order chi connectivity index (χ1) is 30.7. The van der Waals surface area contributed by atoms with E-state index < -0.39 is 5.41 Å². The third-order valence-corrected chi connectivity index (χ3v) is 15.0. The molecule has 0 unspecified atom stereocenters. The molecule has 0 amide bonds. The molecule has 1 spiro atoms. The molecule has 312 valence electrons. The fraction of sp³-hybridized carbons (Fsp3) is 0.213. The van der Waals surface area contributed by atoms with E-state index in [1.165, 1.54) is 117 Å². The second kappa shape index (κ2) is 13.5. The molecule has 2 nitrogen and oxygen atoms in total. The summed E-state index contributed by atoms with van der Waals surface area (Å²) in [7, 11) is 0. The highest BCUT2D eigenvalue weighted by atomic mass is 15.2. The first-order valence-electron chi connectivity index (χ1n) is 23.3. The molecular weight excluding hydrogens is 771 g/mol. The Morgan fingerprint density at radius 2 is 0.953 bits per heavy atom. The van der Waals surface area contributed by atoms with Gasteiger partial charge in [-0.15, -0.1) is 0 Å². The number of para-hydroxylation sites is 1. The number of nitrogens with zero attached hydrogens (tertiary/aromatic N) is 2. The molecule has 8 aromatic carbocycles. The van der Waals surface area contributed by atoms with Crippen molar-refractivity contribution in [3.63, 3.8) is 0 Å². The van der Waals surface area contributed by atoms with Crippen molar-refractivity contribution < 1.29 is 0 Å². The highest BCUT2D eigenvalue weighted by molar-refractivity contribution is 7.00. The molecule has 8 aromatic rings. The topological polar surface area (TPSA) is 6.48 Å². The molecule has 0 saturated carbocycles. The van der Waals surface area contributed by atoms with Crippen LogP contribution in [0, 0.1) is 6.92 Å². The molecule has 3 heteroatoms. The Bertz CT molecular complexity index is 3180. The summed E-state index contributed by atoms with van der Waals surface area (Å²) in [5, 5.41) is 0. The number of fused-ring (bicyclic) bond motifs is 14. The lowest BCUT2D eigenvalue weighted by molar-refractivity contribution is 0.588. The van der Waals surface area contributed by atoms with Gasteiger partial charge in [-0.25, -0.2) is 0 Å². The molecule has 0 saturated heterocycles. The van der Waals surface area contributed by atoms with Crippen molar-refractivity contribution in [3.05, 3.63) is 208 Å². The van der Waals surface area contributed by atoms with Crippen molar-refractivity contribution in [1.29, 1.82) is 0 Å². The average Bonchev–Trinajstić information content (AvgIpc) is 3.74. The summed E-state index contributed by atoms with van der Waals surface area (Å²) in [5.41, 5.74) is 27.1. The fourth-order valence-electron chi connectivity index (χ4n) is 11.9. The quantitative estimate of drug-likeness (QED) is 0.164. The Balaban J connectivity index is 1.20. The van der Waals surface area contributed by atoms with Crippen LogP contribution in [0.1, 0.15) is 106 Å². The number of benzene rings is 8. The zero-order valence-electron chi connectivity index (χ0n) is 38.6. The highest BCUT2D eigenvalue weighted by Crippen LogP contribution is 2.64. The summed E-state index contributed by atoms with van der Waals surface area (Å²) < 4.78 is 0. The number of hydrogen-bond donors (Lipinski definition) is 0. The molecule has 0 fully saturated rings. The molecule has 0 atom stereocenters. The number of rotatable bonds is 3. The van der Waals surface area contributed by atoms with E-state index >= 15 is 0 Å². The Labute approximate surface area is 380 Å². The monoisotopic (exact) mass is 826 g/mol. The lowest BCUT2D eigenvalue weighted by atomic mass is 9.33. The van der Waals surface area contributed by atoms with Crippen molar-refractivity contribution in [2.45, 2.75) is 84.5 Å². The van der Waals surface area contributed by atoms with Gasteiger partial charge in [-0.1, -0.05) is 171 Å². The van der Waals surface area contributed by atoms with Gasteiger partial charge in [0.25, 0.3) is 6.71 Å². The zero-order chi connectivity index (χ0) is 44.0. The lowest BCUT2D eigenvalue weighted by Crippen LogP contribution is -2.61. The number of anilines is 6. The maximum Gasteiger partial charge on any atom is 0.252 e. The normalized spacial score (nSPS) is 14.8. The van der Waals surface area contributed by atoms with Crippen LogP contribution >= 0.6 is 0 Å². The first-order valence-corrected chi connectivity index (χ1v) is 23.3. The fourth-order valence-corrected chi connectivity index (χ4v) is 11.9. The van der Waals surface area contributed by atoms with Gasteiger partial charge < -0.3 is 9.80 Å². The van der Waals surface area contributed by atoms with Gasteiger partial charge in [0.2, 0.25) is 0 Å². The van der Waals surface area contributed by atoms with Crippen molar-refractivity contribution >= 4 is 57.2 Å². The van der Waals surface area contributed by atoms with E-state index in [1.54, 1.807) is 0 Å². The predicted molar refractivity (Wildman–Crippen MR) is 273 cm³/mol. The van der Waals surface area contributed by atoms with Crippen LogP contribution in [0.3, 0.4) is 0 Å². The van der Waals surface area contributed by atoms with E-state index in [0.717, 1.165) is 0 Å². The van der Waals surface area contributed by atoms with Gasteiger partial charge in [-0.05, 0) is 155 Å². The third kappa shape index (κ3) is 5.33. The van der Waals surface area contributed by atoms with Gasteiger partial charge in [0, 0.05) is 34.1 Å². The van der Waals surface area contributed by atoms with E-state index in [0.29, 0.717) is 5.92 Å². The Hall–Kier alpha value is -6.58. The van der Waals surface area contributed by atoms with Crippen LogP contribution in [0.25, 0.3) is 22.3 Å². The number of hydrogen-bond acceptors (Lipinski definition) is 2. The predicted octanol–water partition coefficient (Wildman–Crippen LogP) is 14.1. The molecular formula is C61H55BN2. The van der Waals surface area contributed by atoms with Crippen LogP contribution in [0.2, 0.25) is 0 Å². The van der Waals surface area contributed by atoms with Crippen molar-refractivity contribution in [3.8, 4) is 22.3 Å². The maximum atomic E-state index is 2.66. The van der Waals surface area contributed by atoms with E-state index in [-0.39, 0.29) is 17.5 Å². The minimum atomic E-state index is -0.470. The van der Waals surface area contributed by atoms with Crippen LogP contribution in [-0.2, 0) is 16.2 Å². The Morgan fingerprint density at radius 1 is 0.438 bits per heavy atom. The molecule has 12 rings (SSSR count). The van der Waals surface area contributed by atoms with Crippen LogP contribution in [0.4, 0.5) is 34.1 Å². The van der Waals surface area contributed by atoms with Crippen LogP contribution in [0.15, 0.2) is 164 Å². The summed E-state index contributed by atoms with van der Waals surface area (Å²) >= 11 is 0. The van der Waals surface area contributed by atoms with Gasteiger partial charge in [-0.3, -0.25) is 0 Å². The van der Waals surface area contributed by atoms with Crippen molar-refractivity contribution in [2.24, 2.45) is 0 Å². The molecule has 4 aliphatic rings. The molecule has 2 heterocycles. The summed E-state index contributed by atoms with van der Waals surface area (Å²) in [6, 6.07) is 63.9. The van der Waals surface area contributed by atoms with Crippen molar-refractivity contribution in [1.82, 2.24) is 0 Å². The highest BCUT2D eigenvalue weighted by Gasteiger charge is 2.54. The van der Waals surface area contributed by atoms with Gasteiger partial charge in [0.05, 0.1) is 5.41 Å². The van der Waals surface area contributed by atoms with Crippen LogP contribution < -0.4 is 26.2 Å². The standard InChI is InChI=1S/C61H55BN2/c1-37(2)39-22-27-42(28-23-39)63-54-21-15-14-20-52(54)62-53-36-51-47(35-55(53)64(57-33-38(3)32-56(63)58(57)62)43-29-24-40(25-30-43)59(4,5)6)46-31-26-41(60(7,8)9)34-50(46)61(51)48-18-12-10-16-44(48)45-17-11-13-19-49(45)61/h10-37H,1-9H3. The van der Waals surface area contributed by atoms with Crippen LogP contribution in [-0.4, -0.2) is 6.71 Å². The van der Waals surface area contributed by atoms with Gasteiger partial charge >= 0.3 is 0 Å². The molecule has 2 aliphatic heterocycles. The smallest absolute Gasteiger partial charge is 0.252 e. The molecule has 0 radical (unpaired) electrons. The summed E-state index contributed by atoms with van der Waals surface area (Å²) in [5.74, 6) is 0.462. The van der Waals surface area contributed by atoms with E-state index in [2.05, 4.69) is 236 Å². The molecule has 64 heavy (non-hydrogen) atoms. The largest absolute Gasteiger partial charge is 0.311 e. The first kappa shape index (κ1) is 39.0. The molecule has 0 aromatic heterocycles. The number of aryl methyl sites for hydroxylation is 1. The SMILES string of the molecule is Cc1cc2c3c(c1)N(c1ccc(C(C)(C)C)cc1)c1cc4c(cc1B3c1ccccc1N2c1ccc(C(C)C)cc1)C1(c2ccccc2-c2ccccc21)c1cc(C(C)(C)C)ccc1-4. The molecule has 0 N–H and O–H groups in total. The lowest BCUT2D eigenvalue weighted by Gasteiger charge is -2.45. The average molecular weight is 827 g/mol. The minimum absolute atomic E-state index is 0.0103. The minimum Gasteiger partial charge on any atom is -0.311 e. The second-order valence-corrected chi connectivity index (χ2v) is 21.2. The van der Waals surface area contributed by atoms with Gasteiger partial charge in [0.1, 0.15) is 0 Å². The second-order valence-electron chi connectivity index (χ2n) is 21.2.